The van der Waals surface area contributed by atoms with Crippen molar-refractivity contribution in [2.45, 2.75) is 13.0 Å². The van der Waals surface area contributed by atoms with Crippen LogP contribution in [0, 0.1) is 0 Å². The lowest BCUT2D eigenvalue weighted by atomic mass is 10.1. The molecular formula is C21H22N4O2. The summed E-state index contributed by atoms with van der Waals surface area (Å²) < 4.78 is 7.48. The summed E-state index contributed by atoms with van der Waals surface area (Å²) in [6, 6.07) is 12.2. The maximum Gasteiger partial charge on any atom is 0.256 e. The first-order valence-electron chi connectivity index (χ1n) is 9.46. The molecule has 0 unspecified atom stereocenters. The Kier molecular flexibility index (Phi) is 4.05. The Morgan fingerprint density at radius 3 is 2.81 bits per heavy atom. The molecule has 0 aliphatic carbocycles. The van der Waals surface area contributed by atoms with Gasteiger partial charge in [0, 0.05) is 45.0 Å². The first-order chi connectivity index (χ1) is 13.3. The topological polar surface area (TPSA) is 50.1 Å². The third kappa shape index (κ3) is 2.96. The number of pyridine rings is 1. The Bertz CT molecular complexity index is 958. The van der Waals surface area contributed by atoms with Crippen molar-refractivity contribution < 1.29 is 9.53 Å². The molecule has 2 aliphatic rings. The molecule has 0 bridgehead atoms. The largest absolute Gasteiger partial charge is 0.378 e. The number of benzene rings is 1. The molecule has 1 aromatic carbocycles. The van der Waals surface area contributed by atoms with Crippen molar-refractivity contribution in [1.82, 2.24) is 14.3 Å². The van der Waals surface area contributed by atoms with E-state index in [1.165, 1.54) is 0 Å². The molecule has 0 spiro atoms. The summed E-state index contributed by atoms with van der Waals surface area (Å²) in [5.74, 6) is 0.135. The standard InChI is InChI=1S/C21H22N4O2/c26-21-20-16(4-3-5-18(20)23-10-12-27-13-11-23)14-25(21)9-7-17-15-24-8-2-1-6-19(24)22-17/h1-6,8,15H,7,9-14H2. The van der Waals surface area contributed by atoms with Gasteiger partial charge in [-0.2, -0.15) is 0 Å². The van der Waals surface area contributed by atoms with Crippen LogP contribution in [-0.4, -0.2) is 53.0 Å². The summed E-state index contributed by atoms with van der Waals surface area (Å²) in [7, 11) is 0. The number of amides is 1. The number of ether oxygens (including phenoxy) is 1. The van der Waals surface area contributed by atoms with Crippen molar-refractivity contribution in [1.29, 1.82) is 0 Å². The highest BCUT2D eigenvalue weighted by atomic mass is 16.5. The van der Waals surface area contributed by atoms with Gasteiger partial charge in [-0.3, -0.25) is 4.79 Å². The highest BCUT2D eigenvalue weighted by Crippen LogP contribution is 2.32. The van der Waals surface area contributed by atoms with Gasteiger partial charge in [-0.1, -0.05) is 18.2 Å². The molecule has 2 aliphatic heterocycles. The average Bonchev–Trinajstić information content (AvgIpc) is 3.27. The fourth-order valence-electron chi connectivity index (χ4n) is 4.01. The van der Waals surface area contributed by atoms with E-state index >= 15 is 0 Å². The summed E-state index contributed by atoms with van der Waals surface area (Å²) in [5.41, 5.74) is 5.00. The normalized spacial score (nSPS) is 17.0. The van der Waals surface area contributed by atoms with Gasteiger partial charge < -0.3 is 18.9 Å². The van der Waals surface area contributed by atoms with Crippen LogP contribution in [0.2, 0.25) is 0 Å². The van der Waals surface area contributed by atoms with Crippen LogP contribution in [0.1, 0.15) is 21.6 Å². The second-order valence-electron chi connectivity index (χ2n) is 7.09. The Balaban J connectivity index is 1.34. The number of carbonyl (C=O) groups excluding carboxylic acids is 1. The average molecular weight is 362 g/mol. The van der Waals surface area contributed by atoms with E-state index < -0.39 is 0 Å². The van der Waals surface area contributed by atoms with E-state index in [9.17, 15) is 4.79 Å². The number of nitrogens with zero attached hydrogens (tertiary/aromatic N) is 4. The van der Waals surface area contributed by atoms with Gasteiger partial charge >= 0.3 is 0 Å². The minimum atomic E-state index is 0.135. The van der Waals surface area contributed by atoms with Gasteiger partial charge in [0.15, 0.2) is 0 Å². The molecule has 6 nitrogen and oxygen atoms in total. The quantitative estimate of drug-likeness (QED) is 0.715. The molecule has 3 aromatic rings. The maximum atomic E-state index is 13.1. The van der Waals surface area contributed by atoms with Crippen molar-refractivity contribution in [3.05, 3.63) is 65.6 Å². The molecule has 1 amide bonds. The molecule has 0 N–H and O–H groups in total. The van der Waals surface area contributed by atoms with Gasteiger partial charge in [0.05, 0.1) is 30.2 Å². The van der Waals surface area contributed by atoms with Gasteiger partial charge in [-0.05, 0) is 23.8 Å². The van der Waals surface area contributed by atoms with Crippen molar-refractivity contribution in [3.63, 3.8) is 0 Å². The second-order valence-corrected chi connectivity index (χ2v) is 7.09. The van der Waals surface area contributed by atoms with E-state index in [2.05, 4.69) is 28.1 Å². The predicted molar refractivity (Wildman–Crippen MR) is 103 cm³/mol. The molecule has 1 saturated heterocycles. The summed E-state index contributed by atoms with van der Waals surface area (Å²) in [6.07, 6.45) is 4.80. The van der Waals surface area contributed by atoms with E-state index in [1.54, 1.807) is 0 Å². The molecule has 2 aromatic heterocycles. The predicted octanol–water partition coefficient (Wildman–Crippen LogP) is 2.37. The summed E-state index contributed by atoms with van der Waals surface area (Å²) in [4.78, 5) is 22.0. The molecule has 0 atom stereocenters. The second kappa shape index (κ2) is 6.70. The van der Waals surface area contributed by atoms with Gasteiger partial charge in [0.25, 0.3) is 5.91 Å². The first kappa shape index (κ1) is 16.3. The van der Waals surface area contributed by atoms with Gasteiger partial charge in [-0.25, -0.2) is 4.98 Å². The number of imidazole rings is 1. The Morgan fingerprint density at radius 1 is 1.07 bits per heavy atom. The van der Waals surface area contributed by atoms with E-state index in [0.29, 0.717) is 13.1 Å². The molecule has 0 saturated carbocycles. The summed E-state index contributed by atoms with van der Waals surface area (Å²) in [6.45, 7) is 4.47. The zero-order valence-corrected chi connectivity index (χ0v) is 15.2. The van der Waals surface area contributed by atoms with Crippen LogP contribution in [0.25, 0.3) is 5.65 Å². The molecule has 4 heterocycles. The van der Waals surface area contributed by atoms with Crippen molar-refractivity contribution in [2.24, 2.45) is 0 Å². The van der Waals surface area contributed by atoms with Crippen LogP contribution < -0.4 is 4.90 Å². The van der Waals surface area contributed by atoms with Crippen LogP contribution in [0.15, 0.2) is 48.8 Å². The third-order valence-electron chi connectivity index (χ3n) is 5.39. The number of aromatic nitrogens is 2. The molecular weight excluding hydrogens is 340 g/mol. The van der Waals surface area contributed by atoms with E-state index in [-0.39, 0.29) is 5.91 Å². The Morgan fingerprint density at radius 2 is 1.96 bits per heavy atom. The van der Waals surface area contributed by atoms with Crippen molar-refractivity contribution >= 4 is 17.2 Å². The van der Waals surface area contributed by atoms with Crippen LogP contribution >= 0.6 is 0 Å². The smallest absolute Gasteiger partial charge is 0.256 e. The third-order valence-corrected chi connectivity index (χ3v) is 5.39. The number of hydrogen-bond donors (Lipinski definition) is 0. The highest BCUT2D eigenvalue weighted by Gasteiger charge is 2.31. The number of morpholine rings is 1. The van der Waals surface area contributed by atoms with E-state index in [1.807, 2.05) is 39.9 Å². The highest BCUT2D eigenvalue weighted by molar-refractivity contribution is 6.03. The fourth-order valence-corrected chi connectivity index (χ4v) is 4.01. The molecule has 6 heteroatoms. The van der Waals surface area contributed by atoms with Crippen LogP contribution in [0.3, 0.4) is 0 Å². The van der Waals surface area contributed by atoms with Gasteiger partial charge in [-0.15, -0.1) is 0 Å². The van der Waals surface area contributed by atoms with Crippen molar-refractivity contribution in [2.75, 3.05) is 37.7 Å². The lowest BCUT2D eigenvalue weighted by molar-refractivity contribution is 0.0779. The van der Waals surface area contributed by atoms with Crippen molar-refractivity contribution in [3.8, 4) is 0 Å². The van der Waals surface area contributed by atoms with E-state index in [0.717, 1.165) is 60.9 Å². The summed E-state index contributed by atoms with van der Waals surface area (Å²) in [5, 5.41) is 0. The number of anilines is 1. The molecule has 1 fully saturated rings. The number of carbonyl (C=O) groups is 1. The Labute approximate surface area is 158 Å². The fraction of sp³-hybridized carbons (Fsp3) is 0.333. The Hall–Kier alpha value is -2.86. The van der Waals surface area contributed by atoms with E-state index in [4.69, 9.17) is 4.74 Å². The minimum Gasteiger partial charge on any atom is -0.378 e. The van der Waals surface area contributed by atoms with Crippen LogP contribution in [0.5, 0.6) is 0 Å². The van der Waals surface area contributed by atoms with Crippen LogP contribution in [0.4, 0.5) is 5.69 Å². The number of hydrogen-bond acceptors (Lipinski definition) is 4. The molecule has 27 heavy (non-hydrogen) atoms. The van der Waals surface area contributed by atoms with Gasteiger partial charge in [0.2, 0.25) is 0 Å². The molecule has 5 rings (SSSR count). The number of fused-ring (bicyclic) bond motifs is 2. The lowest BCUT2D eigenvalue weighted by Gasteiger charge is -2.30. The lowest BCUT2D eigenvalue weighted by Crippen LogP contribution is -2.37. The maximum absolute atomic E-state index is 13.1. The zero-order valence-electron chi connectivity index (χ0n) is 15.2. The molecule has 138 valence electrons. The monoisotopic (exact) mass is 362 g/mol. The number of rotatable bonds is 4. The van der Waals surface area contributed by atoms with Gasteiger partial charge in [0.1, 0.15) is 5.65 Å². The first-order valence-corrected chi connectivity index (χ1v) is 9.46. The zero-order chi connectivity index (χ0) is 18.2. The van der Waals surface area contributed by atoms with Crippen LogP contribution in [-0.2, 0) is 17.7 Å². The SMILES string of the molecule is O=C1c2c(cccc2N2CCOCC2)CN1CCc1cn2ccccc2n1. The molecule has 0 radical (unpaired) electrons. The minimum absolute atomic E-state index is 0.135. The summed E-state index contributed by atoms with van der Waals surface area (Å²) >= 11 is 0.